The van der Waals surface area contributed by atoms with Gasteiger partial charge in [-0.05, 0) is 13.0 Å². The van der Waals surface area contributed by atoms with Crippen LogP contribution in [0, 0.1) is 17.0 Å². The number of nitrogens with one attached hydrogen (secondary N) is 1. The summed E-state index contributed by atoms with van der Waals surface area (Å²) in [6.45, 7) is 1.71. The molecule has 5 rings (SSSR count). The maximum atomic E-state index is 11.2. The molecule has 1 N–H and O–H groups in total. The summed E-state index contributed by atoms with van der Waals surface area (Å²) in [6, 6.07) is 16.8. The van der Waals surface area contributed by atoms with Crippen LogP contribution in [0.15, 0.2) is 54.6 Å². The quantitative estimate of drug-likeness (QED) is 0.356. The molecule has 9 nitrogen and oxygen atoms in total. The molecule has 0 radical (unpaired) electrons. The topological polar surface area (TPSA) is 115 Å². The molecule has 0 saturated carbocycles. The number of H-pyrrole nitrogens is 1. The lowest BCUT2D eigenvalue weighted by molar-refractivity contribution is -0.385. The Morgan fingerprint density at radius 3 is 2.69 bits per heavy atom. The first-order valence-corrected chi connectivity index (χ1v) is 9.50. The maximum absolute atomic E-state index is 11.2. The van der Waals surface area contributed by atoms with E-state index in [0.717, 1.165) is 11.3 Å². The third-order valence-corrected chi connectivity index (χ3v) is 5.48. The minimum Gasteiger partial charge on any atom is -0.274 e. The number of benzene rings is 2. The summed E-state index contributed by atoms with van der Waals surface area (Å²) >= 11 is 1.32. The third-order valence-electron chi connectivity index (χ3n) is 4.53. The van der Waals surface area contributed by atoms with Crippen molar-refractivity contribution in [2.75, 3.05) is 0 Å². The van der Waals surface area contributed by atoms with E-state index < -0.39 is 0 Å². The highest BCUT2D eigenvalue weighted by Crippen LogP contribution is 2.31. The van der Waals surface area contributed by atoms with Crippen LogP contribution < -0.4 is 0 Å². The minimum atomic E-state index is -0.389. The van der Waals surface area contributed by atoms with Gasteiger partial charge in [0.15, 0.2) is 0 Å². The largest absolute Gasteiger partial charge is 0.274 e. The molecule has 0 amide bonds. The van der Waals surface area contributed by atoms with Crippen LogP contribution in [-0.2, 0) is 0 Å². The van der Waals surface area contributed by atoms with Crippen LogP contribution in [0.4, 0.5) is 5.69 Å². The predicted octanol–water partition coefficient (Wildman–Crippen LogP) is 4.13. The van der Waals surface area contributed by atoms with E-state index in [0.29, 0.717) is 32.6 Å². The normalized spacial score (nSPS) is 11.2. The van der Waals surface area contributed by atoms with Gasteiger partial charge in [-0.3, -0.25) is 15.2 Å². The van der Waals surface area contributed by atoms with E-state index in [1.54, 1.807) is 17.5 Å². The molecule has 2 aromatic carbocycles. The first kappa shape index (κ1) is 17.2. The predicted molar refractivity (Wildman–Crippen MR) is 109 cm³/mol. The molecule has 0 unspecified atom stereocenters. The Balaban J connectivity index is 1.55. The number of hydrogen-bond donors (Lipinski definition) is 1. The molecule has 0 bridgehead atoms. The highest BCUT2D eigenvalue weighted by molar-refractivity contribution is 7.19. The summed E-state index contributed by atoms with van der Waals surface area (Å²) in [7, 11) is 0. The summed E-state index contributed by atoms with van der Waals surface area (Å²) in [5, 5.41) is 32.2. The summed E-state index contributed by atoms with van der Waals surface area (Å²) in [6.07, 6.45) is 0. The van der Waals surface area contributed by atoms with Gasteiger partial charge in [0.05, 0.1) is 10.6 Å². The van der Waals surface area contributed by atoms with Gasteiger partial charge >= 0.3 is 0 Å². The van der Waals surface area contributed by atoms with E-state index in [1.807, 2.05) is 42.5 Å². The van der Waals surface area contributed by atoms with Gasteiger partial charge in [0, 0.05) is 22.8 Å². The van der Waals surface area contributed by atoms with Gasteiger partial charge in [-0.1, -0.05) is 53.8 Å². The number of hydrogen-bond acceptors (Lipinski definition) is 7. The lowest BCUT2D eigenvalue weighted by atomic mass is 10.1. The average molecular weight is 403 g/mol. The number of nitrogens with zero attached hydrogens (tertiary/aromatic N) is 6. The summed E-state index contributed by atoms with van der Waals surface area (Å²) in [5.41, 5.74) is 3.80. The fourth-order valence-electron chi connectivity index (χ4n) is 3.03. The summed E-state index contributed by atoms with van der Waals surface area (Å²) < 4.78 is 1.62. The second kappa shape index (κ2) is 6.60. The van der Waals surface area contributed by atoms with Gasteiger partial charge in [-0.25, -0.2) is 0 Å². The Labute approximate surface area is 167 Å². The van der Waals surface area contributed by atoms with Crippen molar-refractivity contribution in [1.29, 1.82) is 0 Å². The zero-order valence-corrected chi connectivity index (χ0v) is 15.9. The molecule has 10 heteroatoms. The van der Waals surface area contributed by atoms with Gasteiger partial charge in [0.2, 0.25) is 10.8 Å². The van der Waals surface area contributed by atoms with E-state index >= 15 is 0 Å². The number of nitro groups is 1. The van der Waals surface area contributed by atoms with Crippen LogP contribution >= 0.6 is 11.3 Å². The Morgan fingerprint density at radius 1 is 1.07 bits per heavy atom. The zero-order chi connectivity index (χ0) is 20.0. The van der Waals surface area contributed by atoms with Gasteiger partial charge in [-0.2, -0.15) is 14.7 Å². The molecule has 0 saturated heterocycles. The highest BCUT2D eigenvalue weighted by Gasteiger charge is 2.19. The van der Waals surface area contributed by atoms with Crippen molar-refractivity contribution in [2.24, 2.45) is 0 Å². The van der Waals surface area contributed by atoms with E-state index in [1.165, 1.54) is 17.4 Å². The van der Waals surface area contributed by atoms with Crippen LogP contribution in [-0.4, -0.2) is 34.9 Å². The van der Waals surface area contributed by atoms with Gasteiger partial charge in [-0.15, -0.1) is 10.2 Å². The van der Waals surface area contributed by atoms with E-state index in [4.69, 9.17) is 0 Å². The van der Waals surface area contributed by atoms with Crippen LogP contribution in [0.5, 0.6) is 0 Å². The molecule has 0 atom stereocenters. The van der Waals surface area contributed by atoms with Crippen molar-refractivity contribution >= 4 is 22.0 Å². The second-order valence-electron chi connectivity index (χ2n) is 6.42. The fraction of sp³-hybridized carbons (Fsp3) is 0.0526. The van der Waals surface area contributed by atoms with Crippen molar-refractivity contribution in [3.05, 3.63) is 70.3 Å². The third kappa shape index (κ3) is 2.95. The molecule has 3 aromatic heterocycles. The number of nitro benzene ring substituents is 1. The van der Waals surface area contributed by atoms with Crippen LogP contribution in [0.25, 0.3) is 38.3 Å². The molecule has 0 aliphatic rings. The van der Waals surface area contributed by atoms with Crippen molar-refractivity contribution in [3.8, 4) is 33.3 Å². The SMILES string of the molecule is Cc1ccc(-c2nn3c(-c4cc(-c5ccccc5)n[nH]4)nnc3s2)cc1[N+](=O)[O-]. The molecule has 0 aliphatic carbocycles. The molecule has 5 aromatic rings. The molecule has 0 fully saturated rings. The van der Waals surface area contributed by atoms with Crippen LogP contribution in [0.1, 0.15) is 5.56 Å². The number of aromatic amines is 1. The fourth-order valence-corrected chi connectivity index (χ4v) is 3.87. The molecule has 142 valence electrons. The molecule has 0 aliphatic heterocycles. The van der Waals surface area contributed by atoms with Gasteiger partial charge < -0.3 is 0 Å². The van der Waals surface area contributed by atoms with Crippen LogP contribution in [0.3, 0.4) is 0 Å². The number of aryl methyl sites for hydroxylation is 1. The highest BCUT2D eigenvalue weighted by atomic mass is 32.1. The Hall–Kier alpha value is -3.92. The summed E-state index contributed by atoms with van der Waals surface area (Å²) in [4.78, 5) is 11.4. The second-order valence-corrected chi connectivity index (χ2v) is 7.37. The van der Waals surface area contributed by atoms with E-state index in [-0.39, 0.29) is 10.6 Å². The Kier molecular flexibility index (Phi) is 3.91. The van der Waals surface area contributed by atoms with E-state index in [2.05, 4.69) is 25.5 Å². The summed E-state index contributed by atoms with van der Waals surface area (Å²) in [5.74, 6) is 0.527. The minimum absolute atomic E-state index is 0.0646. The zero-order valence-electron chi connectivity index (χ0n) is 15.1. The smallest absolute Gasteiger partial charge is 0.273 e. The Bertz CT molecular complexity index is 1350. The molecule has 0 spiro atoms. The molecular formula is C19H13N7O2S. The molecule has 3 heterocycles. The van der Waals surface area contributed by atoms with Crippen molar-refractivity contribution < 1.29 is 4.92 Å². The van der Waals surface area contributed by atoms with Gasteiger partial charge in [0.25, 0.3) is 5.69 Å². The Morgan fingerprint density at radius 2 is 1.90 bits per heavy atom. The molecule has 29 heavy (non-hydrogen) atoms. The lowest BCUT2D eigenvalue weighted by Crippen LogP contribution is -1.93. The number of fused-ring (bicyclic) bond motifs is 1. The van der Waals surface area contributed by atoms with Crippen LogP contribution in [0.2, 0.25) is 0 Å². The lowest BCUT2D eigenvalue weighted by Gasteiger charge is -1.99. The maximum Gasteiger partial charge on any atom is 0.273 e. The standard InChI is InChI=1S/C19H13N7O2S/c1-11-7-8-13(9-16(11)26(27)28)18-24-25-17(22-23-19(25)29-18)15-10-14(20-21-15)12-5-3-2-4-6-12/h2-10H,1H3,(H,20,21). The van der Waals surface area contributed by atoms with Crippen molar-refractivity contribution in [2.45, 2.75) is 6.92 Å². The van der Waals surface area contributed by atoms with Crippen molar-refractivity contribution in [1.82, 2.24) is 30.0 Å². The van der Waals surface area contributed by atoms with Crippen molar-refractivity contribution in [3.63, 3.8) is 0 Å². The number of aromatic nitrogens is 6. The van der Waals surface area contributed by atoms with E-state index in [9.17, 15) is 10.1 Å². The number of rotatable bonds is 4. The monoisotopic (exact) mass is 403 g/mol. The average Bonchev–Trinajstić information content (AvgIpc) is 3.44. The first-order valence-electron chi connectivity index (χ1n) is 8.69. The molecular weight excluding hydrogens is 390 g/mol. The van der Waals surface area contributed by atoms with Gasteiger partial charge in [0.1, 0.15) is 10.7 Å². The first-order chi connectivity index (χ1) is 14.1.